The largest absolute Gasteiger partial charge is 0.484 e. The summed E-state index contributed by atoms with van der Waals surface area (Å²) in [6.07, 6.45) is 8.28. The Kier molecular flexibility index (Phi) is 5.46. The summed E-state index contributed by atoms with van der Waals surface area (Å²) < 4.78 is 36.4. The van der Waals surface area contributed by atoms with Crippen molar-refractivity contribution in [2.75, 3.05) is 10.8 Å². The molecule has 0 fully saturated rings. The lowest BCUT2D eigenvalue weighted by Gasteiger charge is -2.35. The summed E-state index contributed by atoms with van der Waals surface area (Å²) in [5.74, 6) is 0.551. The molecule has 3 aromatic rings. The standard InChI is InChI=1S/C24H26N4O3S/c1-18-11-13-21(14-12-18)32(29,30)28-16-20(31-24-10-6-5-9-23(24)28)15-27-17-22(25-26-27)19-7-3-2-4-8-19/h5-7,9-14,17,20H,2-4,8,15-16H2,1H3/t20-/m1/s1. The van der Waals surface area contributed by atoms with Crippen LogP contribution in [0.5, 0.6) is 5.75 Å². The van der Waals surface area contributed by atoms with E-state index in [2.05, 4.69) is 16.4 Å². The minimum atomic E-state index is -3.73. The Morgan fingerprint density at radius 2 is 1.91 bits per heavy atom. The van der Waals surface area contributed by atoms with Gasteiger partial charge in [0.25, 0.3) is 10.0 Å². The quantitative estimate of drug-likeness (QED) is 0.582. The molecular formula is C24H26N4O3S. The smallest absolute Gasteiger partial charge is 0.264 e. The molecule has 0 radical (unpaired) electrons. The second kappa shape index (κ2) is 8.43. The van der Waals surface area contributed by atoms with Crippen molar-refractivity contribution in [3.8, 4) is 5.75 Å². The van der Waals surface area contributed by atoms with Crippen LogP contribution in [0.25, 0.3) is 5.57 Å². The first-order chi connectivity index (χ1) is 15.5. The van der Waals surface area contributed by atoms with Crippen molar-refractivity contribution in [3.05, 3.63) is 72.1 Å². The Balaban J connectivity index is 1.42. The number of nitrogens with zero attached hydrogens (tertiary/aromatic N) is 4. The number of allylic oxidation sites excluding steroid dienone is 2. The van der Waals surface area contributed by atoms with Crippen LogP contribution in [0.3, 0.4) is 0 Å². The number of aryl methyl sites for hydroxylation is 1. The van der Waals surface area contributed by atoms with Crippen molar-refractivity contribution in [2.24, 2.45) is 0 Å². The van der Waals surface area contributed by atoms with Gasteiger partial charge < -0.3 is 4.74 Å². The molecule has 5 rings (SSSR count). The molecule has 1 aromatic heterocycles. The number of ether oxygens (including phenoxy) is 1. The first-order valence-corrected chi connectivity index (χ1v) is 12.4. The van der Waals surface area contributed by atoms with Gasteiger partial charge in [-0.05, 0) is 62.4 Å². The average Bonchev–Trinajstić information content (AvgIpc) is 3.28. The molecule has 2 heterocycles. The van der Waals surface area contributed by atoms with E-state index in [1.807, 2.05) is 37.4 Å². The van der Waals surface area contributed by atoms with E-state index < -0.39 is 10.0 Å². The summed E-state index contributed by atoms with van der Waals surface area (Å²) in [6, 6.07) is 14.2. The monoisotopic (exact) mass is 450 g/mol. The summed E-state index contributed by atoms with van der Waals surface area (Å²) in [7, 11) is -3.73. The van der Waals surface area contributed by atoms with Crippen LogP contribution in [0.2, 0.25) is 0 Å². The Labute approximate surface area is 188 Å². The minimum Gasteiger partial charge on any atom is -0.484 e. The molecule has 32 heavy (non-hydrogen) atoms. The van der Waals surface area contributed by atoms with E-state index in [9.17, 15) is 8.42 Å². The van der Waals surface area contributed by atoms with Crippen LogP contribution in [-0.4, -0.2) is 36.1 Å². The number of aromatic nitrogens is 3. The normalized spacial score (nSPS) is 18.6. The maximum absolute atomic E-state index is 13.5. The van der Waals surface area contributed by atoms with Crippen LogP contribution in [0.4, 0.5) is 5.69 Å². The van der Waals surface area contributed by atoms with E-state index in [0.29, 0.717) is 18.0 Å². The summed E-state index contributed by atoms with van der Waals surface area (Å²) in [6.45, 7) is 2.55. The SMILES string of the molecule is Cc1ccc(S(=O)(=O)N2C[C@@H](Cn3cc(C4=CCCCC4)nn3)Oc3ccccc32)cc1. The van der Waals surface area contributed by atoms with Gasteiger partial charge in [-0.15, -0.1) is 5.10 Å². The van der Waals surface area contributed by atoms with Gasteiger partial charge in [-0.2, -0.15) is 0 Å². The van der Waals surface area contributed by atoms with Gasteiger partial charge >= 0.3 is 0 Å². The maximum Gasteiger partial charge on any atom is 0.264 e. The van der Waals surface area contributed by atoms with Gasteiger partial charge in [0.2, 0.25) is 0 Å². The highest BCUT2D eigenvalue weighted by atomic mass is 32.2. The van der Waals surface area contributed by atoms with Crippen LogP contribution in [0.15, 0.2) is 65.7 Å². The summed E-state index contributed by atoms with van der Waals surface area (Å²) in [5.41, 5.74) is 3.70. The highest BCUT2D eigenvalue weighted by Gasteiger charge is 2.34. The number of para-hydroxylation sites is 2. The van der Waals surface area contributed by atoms with Crippen LogP contribution in [0, 0.1) is 6.92 Å². The van der Waals surface area contributed by atoms with Crippen molar-refractivity contribution in [1.82, 2.24) is 15.0 Å². The van der Waals surface area contributed by atoms with Gasteiger partial charge in [-0.1, -0.05) is 41.1 Å². The molecule has 0 bridgehead atoms. The van der Waals surface area contributed by atoms with Crippen LogP contribution in [-0.2, 0) is 16.6 Å². The van der Waals surface area contributed by atoms with Crippen molar-refractivity contribution in [2.45, 2.75) is 50.2 Å². The summed E-state index contributed by atoms with van der Waals surface area (Å²) >= 11 is 0. The second-order valence-electron chi connectivity index (χ2n) is 8.36. The van der Waals surface area contributed by atoms with Gasteiger partial charge in [-0.3, -0.25) is 4.31 Å². The average molecular weight is 451 g/mol. The number of anilines is 1. The summed E-state index contributed by atoms with van der Waals surface area (Å²) in [4.78, 5) is 0.269. The van der Waals surface area contributed by atoms with Crippen LogP contribution in [0.1, 0.15) is 36.9 Å². The zero-order chi connectivity index (χ0) is 22.1. The molecule has 1 aliphatic carbocycles. The number of hydrogen-bond donors (Lipinski definition) is 0. The first-order valence-electron chi connectivity index (χ1n) is 11.0. The lowest BCUT2D eigenvalue weighted by Crippen LogP contribution is -2.45. The lowest BCUT2D eigenvalue weighted by atomic mass is 9.98. The molecule has 2 aromatic carbocycles. The Morgan fingerprint density at radius 3 is 2.69 bits per heavy atom. The molecule has 166 valence electrons. The number of hydrogen-bond acceptors (Lipinski definition) is 5. The fraction of sp³-hybridized carbons (Fsp3) is 0.333. The van der Waals surface area contributed by atoms with E-state index in [0.717, 1.165) is 24.1 Å². The van der Waals surface area contributed by atoms with Gasteiger partial charge in [0.05, 0.1) is 29.9 Å². The van der Waals surface area contributed by atoms with Crippen molar-refractivity contribution in [1.29, 1.82) is 0 Å². The highest BCUT2D eigenvalue weighted by molar-refractivity contribution is 7.92. The van der Waals surface area contributed by atoms with Crippen molar-refractivity contribution in [3.63, 3.8) is 0 Å². The highest BCUT2D eigenvalue weighted by Crippen LogP contribution is 2.37. The van der Waals surface area contributed by atoms with Crippen molar-refractivity contribution >= 4 is 21.3 Å². The third-order valence-corrected chi connectivity index (χ3v) is 7.75. The third-order valence-electron chi connectivity index (χ3n) is 5.96. The molecule has 1 aliphatic heterocycles. The van der Waals surface area contributed by atoms with Crippen LogP contribution < -0.4 is 9.04 Å². The van der Waals surface area contributed by atoms with E-state index in [4.69, 9.17) is 4.74 Å². The predicted molar refractivity (Wildman–Crippen MR) is 123 cm³/mol. The van der Waals surface area contributed by atoms with Gasteiger partial charge in [0.15, 0.2) is 0 Å². The molecule has 2 aliphatic rings. The van der Waals surface area contributed by atoms with E-state index in [1.54, 1.807) is 28.9 Å². The fourth-order valence-corrected chi connectivity index (χ4v) is 5.74. The van der Waals surface area contributed by atoms with E-state index in [-0.39, 0.29) is 17.5 Å². The Bertz CT molecular complexity index is 1250. The number of rotatable bonds is 5. The molecule has 1 atom stereocenters. The maximum atomic E-state index is 13.5. The molecular weight excluding hydrogens is 424 g/mol. The third kappa shape index (κ3) is 4.02. The topological polar surface area (TPSA) is 77.3 Å². The zero-order valence-electron chi connectivity index (χ0n) is 18.0. The molecule has 0 amide bonds. The van der Waals surface area contributed by atoms with Gasteiger partial charge in [0, 0.05) is 0 Å². The zero-order valence-corrected chi connectivity index (χ0v) is 18.8. The van der Waals surface area contributed by atoms with E-state index >= 15 is 0 Å². The van der Waals surface area contributed by atoms with Gasteiger partial charge in [0.1, 0.15) is 17.5 Å². The van der Waals surface area contributed by atoms with E-state index in [1.165, 1.54) is 22.7 Å². The van der Waals surface area contributed by atoms with Gasteiger partial charge in [-0.25, -0.2) is 13.1 Å². The fourth-order valence-electron chi connectivity index (χ4n) is 4.24. The molecule has 7 nitrogen and oxygen atoms in total. The first kappa shape index (κ1) is 20.8. The molecule has 8 heteroatoms. The second-order valence-corrected chi connectivity index (χ2v) is 10.2. The van der Waals surface area contributed by atoms with Crippen LogP contribution >= 0.6 is 0 Å². The Hall–Kier alpha value is -3.13. The number of benzene rings is 2. The number of sulfonamides is 1. The lowest BCUT2D eigenvalue weighted by molar-refractivity contribution is 0.173. The predicted octanol–water partition coefficient (Wildman–Crippen LogP) is 4.20. The molecule has 0 saturated heterocycles. The minimum absolute atomic E-state index is 0.200. The summed E-state index contributed by atoms with van der Waals surface area (Å²) in [5, 5.41) is 8.60. The number of fused-ring (bicyclic) bond motifs is 1. The molecule has 0 spiro atoms. The molecule has 0 saturated carbocycles. The molecule has 0 unspecified atom stereocenters. The molecule has 0 N–H and O–H groups in total. The van der Waals surface area contributed by atoms with Crippen molar-refractivity contribution < 1.29 is 13.2 Å². The Morgan fingerprint density at radius 1 is 1.09 bits per heavy atom.